The number of allylic oxidation sites excluding steroid dienone is 2. The third-order valence-corrected chi connectivity index (χ3v) is 8.07. The maximum Gasteiger partial charge on any atom is 0.258 e. The number of likely N-dealkylation sites (tertiary alicyclic amines) is 1. The number of hydrogen-bond acceptors (Lipinski definition) is 6. The summed E-state index contributed by atoms with van der Waals surface area (Å²) < 4.78 is 20.6. The van der Waals surface area contributed by atoms with E-state index in [9.17, 15) is 9.18 Å². The average Bonchev–Trinajstić information content (AvgIpc) is 3.35. The predicted molar refractivity (Wildman–Crippen MR) is 139 cm³/mol. The Morgan fingerprint density at radius 3 is 2.72 bits per heavy atom. The van der Waals surface area contributed by atoms with Gasteiger partial charge in [-0.3, -0.25) is 9.69 Å². The third-order valence-electron chi connectivity index (χ3n) is 7.69. The molecule has 2 bridgehead atoms. The standard InChI is InChI=1S/C27H33ClFN5O2/c1-3-4-9-34-18-6-7-19(34)12-20(11-18)36-25-10-17(29)5-8-21(25)27(35)33-14-22(24(30)15-33)26-31-13-23(28)16(2)32-26/h5,8,10,13,18-20,30,32H,3-4,6-7,9,11-12,14-15H2,1-2H3/b26-22-,30-24?. The normalized spacial score (nSPS) is 28.2. The first-order valence-corrected chi connectivity index (χ1v) is 13.2. The van der Waals surface area contributed by atoms with Gasteiger partial charge in [-0.25, -0.2) is 9.38 Å². The minimum Gasteiger partial charge on any atom is -0.489 e. The lowest BCUT2D eigenvalue weighted by Gasteiger charge is -2.39. The Morgan fingerprint density at radius 2 is 2.03 bits per heavy atom. The molecular formula is C27H33ClFN5O2. The Kier molecular flexibility index (Phi) is 7.17. The molecule has 36 heavy (non-hydrogen) atoms. The first kappa shape index (κ1) is 25.0. The molecule has 1 amide bonds. The van der Waals surface area contributed by atoms with E-state index in [0.717, 1.165) is 25.1 Å². The number of aliphatic imine (C=N–C) groups is 1. The van der Waals surface area contributed by atoms with Crippen LogP contribution in [0.3, 0.4) is 0 Å². The third kappa shape index (κ3) is 4.93. The minimum atomic E-state index is -0.429. The van der Waals surface area contributed by atoms with Gasteiger partial charge in [0.1, 0.15) is 23.5 Å². The highest BCUT2D eigenvalue weighted by molar-refractivity contribution is 6.39. The van der Waals surface area contributed by atoms with Gasteiger partial charge in [0, 0.05) is 35.6 Å². The smallest absolute Gasteiger partial charge is 0.258 e. The second-order valence-corrected chi connectivity index (χ2v) is 10.6. The van der Waals surface area contributed by atoms with Gasteiger partial charge in [0.15, 0.2) is 0 Å². The zero-order valence-corrected chi connectivity index (χ0v) is 21.6. The fourth-order valence-corrected chi connectivity index (χ4v) is 5.87. The number of nitrogens with zero attached hydrogens (tertiary/aromatic N) is 3. The van der Waals surface area contributed by atoms with Gasteiger partial charge < -0.3 is 20.4 Å². The maximum absolute atomic E-state index is 14.3. The van der Waals surface area contributed by atoms with Gasteiger partial charge in [0.2, 0.25) is 0 Å². The number of piperidine rings is 1. The van der Waals surface area contributed by atoms with Crippen molar-refractivity contribution >= 4 is 29.4 Å². The van der Waals surface area contributed by atoms with Crippen LogP contribution < -0.4 is 10.1 Å². The fraction of sp³-hybridized carbons (Fsp3) is 0.519. The van der Waals surface area contributed by atoms with E-state index in [4.69, 9.17) is 21.7 Å². The van der Waals surface area contributed by atoms with Gasteiger partial charge in [-0.2, -0.15) is 0 Å². The van der Waals surface area contributed by atoms with Crippen LogP contribution in [-0.2, 0) is 0 Å². The molecule has 0 saturated carbocycles. The lowest BCUT2D eigenvalue weighted by atomic mass is 9.99. The molecule has 0 radical (unpaired) electrons. The van der Waals surface area contributed by atoms with E-state index in [1.54, 1.807) is 11.1 Å². The summed E-state index contributed by atoms with van der Waals surface area (Å²) in [6.07, 6.45) is 8.03. The number of unbranched alkanes of at least 4 members (excludes halogenated alkanes) is 1. The number of benzene rings is 1. The highest BCUT2D eigenvalue weighted by atomic mass is 35.5. The summed E-state index contributed by atoms with van der Waals surface area (Å²) in [7, 11) is 0. The number of halogens is 2. The molecule has 0 aliphatic carbocycles. The number of nitrogens with one attached hydrogen (secondary N) is 2. The van der Waals surface area contributed by atoms with E-state index in [2.05, 4.69) is 22.1 Å². The van der Waals surface area contributed by atoms with Gasteiger partial charge in [-0.05, 0) is 57.7 Å². The number of fused-ring (bicyclic) bond motifs is 2. The van der Waals surface area contributed by atoms with Gasteiger partial charge in [0.25, 0.3) is 5.91 Å². The molecule has 2 unspecified atom stereocenters. The quantitative estimate of drug-likeness (QED) is 0.571. The Morgan fingerprint density at radius 1 is 1.28 bits per heavy atom. The summed E-state index contributed by atoms with van der Waals surface area (Å²) in [5, 5.41) is 12.1. The average molecular weight is 514 g/mol. The molecule has 4 aliphatic heterocycles. The summed E-state index contributed by atoms with van der Waals surface area (Å²) in [6, 6.07) is 5.10. The fourth-order valence-electron chi connectivity index (χ4n) is 5.78. The molecule has 1 aromatic rings. The van der Waals surface area contributed by atoms with E-state index >= 15 is 0 Å². The predicted octanol–water partition coefficient (Wildman–Crippen LogP) is 4.83. The summed E-state index contributed by atoms with van der Waals surface area (Å²) >= 11 is 6.08. The van der Waals surface area contributed by atoms with Crippen molar-refractivity contribution in [1.29, 1.82) is 5.41 Å². The van der Waals surface area contributed by atoms with Gasteiger partial charge in [0.05, 0.1) is 29.4 Å². The zero-order valence-electron chi connectivity index (χ0n) is 20.8. The molecule has 2 N–H and O–H groups in total. The van der Waals surface area contributed by atoms with Crippen LogP contribution in [0, 0.1) is 11.2 Å². The summed E-state index contributed by atoms with van der Waals surface area (Å²) in [5.41, 5.74) is 2.03. The number of ether oxygens (including phenoxy) is 1. The molecule has 5 rings (SSSR count). The van der Waals surface area contributed by atoms with Crippen LogP contribution >= 0.6 is 11.6 Å². The van der Waals surface area contributed by atoms with Crippen LogP contribution in [0.4, 0.5) is 4.39 Å². The molecule has 4 aliphatic rings. The largest absolute Gasteiger partial charge is 0.489 e. The molecule has 3 fully saturated rings. The number of hydrogen-bond donors (Lipinski definition) is 2. The van der Waals surface area contributed by atoms with Gasteiger partial charge >= 0.3 is 0 Å². The molecule has 2 atom stereocenters. The van der Waals surface area contributed by atoms with Crippen molar-refractivity contribution in [2.75, 3.05) is 19.6 Å². The van der Waals surface area contributed by atoms with Crippen molar-refractivity contribution in [1.82, 2.24) is 15.1 Å². The van der Waals surface area contributed by atoms with E-state index in [1.807, 2.05) is 6.92 Å². The minimum absolute atomic E-state index is 0.0384. The van der Waals surface area contributed by atoms with Crippen molar-refractivity contribution in [2.24, 2.45) is 4.99 Å². The molecule has 9 heteroatoms. The van der Waals surface area contributed by atoms with Crippen LogP contribution in [0.5, 0.6) is 5.75 Å². The number of carbonyl (C=O) groups is 1. The van der Waals surface area contributed by atoms with E-state index in [1.165, 1.54) is 43.9 Å². The van der Waals surface area contributed by atoms with Crippen LogP contribution in [-0.4, -0.2) is 65.5 Å². The Balaban J connectivity index is 1.31. The van der Waals surface area contributed by atoms with Crippen molar-refractivity contribution in [3.05, 3.63) is 51.7 Å². The van der Waals surface area contributed by atoms with Crippen molar-refractivity contribution < 1.29 is 13.9 Å². The lowest BCUT2D eigenvalue weighted by Crippen LogP contribution is -2.46. The molecule has 0 spiro atoms. The monoisotopic (exact) mass is 513 g/mol. The second kappa shape index (κ2) is 10.3. The zero-order chi connectivity index (χ0) is 25.4. The summed E-state index contributed by atoms with van der Waals surface area (Å²) in [4.78, 5) is 22.0. The first-order chi connectivity index (χ1) is 17.3. The van der Waals surface area contributed by atoms with Crippen LogP contribution in [0.2, 0.25) is 0 Å². The number of carbonyl (C=O) groups excluding carboxylic acids is 1. The van der Waals surface area contributed by atoms with Crippen LogP contribution in [0.15, 0.2) is 45.3 Å². The van der Waals surface area contributed by atoms with E-state index in [0.29, 0.717) is 45.5 Å². The molecular weight excluding hydrogens is 481 g/mol. The molecule has 4 heterocycles. The van der Waals surface area contributed by atoms with Gasteiger partial charge in [-0.1, -0.05) is 24.9 Å². The van der Waals surface area contributed by atoms with E-state index < -0.39 is 5.82 Å². The van der Waals surface area contributed by atoms with Crippen molar-refractivity contribution in [3.8, 4) is 5.75 Å². The number of amides is 1. The molecule has 0 aromatic heterocycles. The molecule has 7 nitrogen and oxygen atoms in total. The Labute approximate surface area is 216 Å². The second-order valence-electron chi connectivity index (χ2n) is 10.2. The Hall–Kier alpha value is -2.71. The van der Waals surface area contributed by atoms with Crippen LogP contribution in [0.1, 0.15) is 62.7 Å². The molecule has 3 saturated heterocycles. The number of rotatable bonds is 6. The first-order valence-electron chi connectivity index (χ1n) is 12.8. The molecule has 192 valence electrons. The van der Waals surface area contributed by atoms with Crippen molar-refractivity contribution in [3.63, 3.8) is 0 Å². The lowest BCUT2D eigenvalue weighted by molar-refractivity contribution is 0.0474. The topological polar surface area (TPSA) is 81.0 Å². The van der Waals surface area contributed by atoms with Gasteiger partial charge in [-0.15, -0.1) is 0 Å². The summed E-state index contributed by atoms with van der Waals surface area (Å²) in [6.45, 7) is 5.56. The highest BCUT2D eigenvalue weighted by Crippen LogP contribution is 2.38. The van der Waals surface area contributed by atoms with Crippen LogP contribution in [0.25, 0.3) is 0 Å². The van der Waals surface area contributed by atoms with Crippen molar-refractivity contribution in [2.45, 2.75) is 70.6 Å². The maximum atomic E-state index is 14.3. The molecule has 1 aromatic carbocycles. The van der Waals surface area contributed by atoms with E-state index in [-0.39, 0.29) is 25.1 Å². The SMILES string of the molecule is CCCCN1C2CCC1CC(Oc1cc(F)ccc1C(=O)N1CC(=N)/C(=C3/N=CC(Cl)=C(C)N3)C1)C2. The Bertz CT molecular complexity index is 1150. The summed E-state index contributed by atoms with van der Waals surface area (Å²) in [5.74, 6) is 0.108. The highest BCUT2D eigenvalue weighted by Gasteiger charge is 2.41.